The van der Waals surface area contributed by atoms with E-state index >= 15 is 0 Å². The summed E-state index contributed by atoms with van der Waals surface area (Å²) in [6.45, 7) is 2.97. The van der Waals surface area contributed by atoms with Crippen LogP contribution in [0.15, 0.2) is 36.7 Å². The minimum atomic E-state index is -4.75. The first-order valence-electron chi connectivity index (χ1n) is 20.3. The topological polar surface area (TPSA) is 180 Å². The number of hydrogen-bond donors (Lipinski definition) is 4. The molecule has 1 saturated heterocycles. The first-order chi connectivity index (χ1) is 26.9. The molecule has 2 aromatic heterocycles. The van der Waals surface area contributed by atoms with Crippen LogP contribution >= 0.6 is 7.82 Å². The van der Waals surface area contributed by atoms with Gasteiger partial charge in [0.1, 0.15) is 53.5 Å². The second kappa shape index (κ2) is 23.7. The fourth-order valence-electron chi connectivity index (χ4n) is 7.06. The van der Waals surface area contributed by atoms with Crippen molar-refractivity contribution in [2.75, 3.05) is 32.2 Å². The molecular weight excluding hydrogens is 749 g/mol. The van der Waals surface area contributed by atoms with E-state index in [0.29, 0.717) is 17.8 Å². The van der Waals surface area contributed by atoms with Crippen LogP contribution in [0, 0.1) is 11.6 Å². The van der Waals surface area contributed by atoms with Crippen LogP contribution in [0.2, 0.25) is 0 Å². The van der Waals surface area contributed by atoms with Gasteiger partial charge in [0.15, 0.2) is 5.82 Å². The highest BCUT2D eigenvalue weighted by atomic mass is 31.2. The molecule has 1 aromatic carbocycles. The summed E-state index contributed by atoms with van der Waals surface area (Å²) in [7, 11) is -4.75. The summed E-state index contributed by atoms with van der Waals surface area (Å²) in [4.78, 5) is 14.5. The number of anilines is 1. The second-order valence-electron chi connectivity index (χ2n) is 15.0. The zero-order valence-corrected chi connectivity index (χ0v) is 33.9. The number of aliphatic hydroxyl groups is 2. The summed E-state index contributed by atoms with van der Waals surface area (Å²) in [6, 6.07) is 6.28. The molecule has 0 bridgehead atoms. The van der Waals surface area contributed by atoms with Gasteiger partial charge in [-0.1, -0.05) is 103 Å². The van der Waals surface area contributed by atoms with E-state index in [1.807, 2.05) is 0 Å². The Hall–Kier alpha value is -2.59. The fraction of sp³-hybridized carbons (Fsp3) is 0.700. The molecule has 316 valence electrons. The molecule has 0 amide bonds. The van der Waals surface area contributed by atoms with Gasteiger partial charge in [0, 0.05) is 12.7 Å². The van der Waals surface area contributed by atoms with Gasteiger partial charge >= 0.3 is 7.82 Å². The number of ether oxygens (including phenoxy) is 3. The van der Waals surface area contributed by atoms with Crippen molar-refractivity contribution in [2.24, 2.45) is 0 Å². The van der Waals surface area contributed by atoms with Crippen LogP contribution in [0.1, 0.15) is 128 Å². The smallest absolute Gasteiger partial charge is 0.387 e. The number of fused-ring (bicyclic) bond motifs is 1. The third-order valence-corrected chi connectivity index (χ3v) is 11.3. The Morgan fingerprint density at radius 3 is 2.09 bits per heavy atom. The van der Waals surface area contributed by atoms with Gasteiger partial charge in [-0.05, 0) is 43.2 Å². The molecular formula is C40H63F2N4O9P. The predicted octanol–water partition coefficient (Wildman–Crippen LogP) is 7.92. The number of hydrogen-bond acceptors (Lipinski definition) is 11. The molecule has 1 aliphatic rings. The zero-order valence-electron chi connectivity index (χ0n) is 33.0. The average Bonchev–Trinajstić information content (AvgIpc) is 3.70. The molecule has 0 radical (unpaired) electrons. The summed E-state index contributed by atoms with van der Waals surface area (Å²) in [6.07, 6.45) is 16.3. The predicted molar refractivity (Wildman–Crippen MR) is 209 cm³/mol. The third kappa shape index (κ3) is 14.7. The molecule has 1 aliphatic heterocycles. The maximum atomic E-state index is 13.8. The summed E-state index contributed by atoms with van der Waals surface area (Å²) >= 11 is 0. The largest absolute Gasteiger partial charge is 0.472 e. The molecule has 3 aromatic rings. The molecule has 56 heavy (non-hydrogen) atoms. The second-order valence-corrected chi connectivity index (χ2v) is 16.5. The number of aromatic nitrogens is 3. The highest BCUT2D eigenvalue weighted by Gasteiger charge is 2.54. The summed E-state index contributed by atoms with van der Waals surface area (Å²) in [5.74, 6) is -1.31. The van der Waals surface area contributed by atoms with E-state index in [1.165, 1.54) is 94.3 Å². The number of nitrogens with zero attached hydrogens (tertiary/aromatic N) is 3. The van der Waals surface area contributed by atoms with E-state index in [4.69, 9.17) is 29.0 Å². The quantitative estimate of drug-likeness (QED) is 0.0394. The van der Waals surface area contributed by atoms with Crippen molar-refractivity contribution in [1.29, 1.82) is 0 Å². The number of aliphatic hydroxyl groups excluding tert-OH is 2. The van der Waals surface area contributed by atoms with E-state index in [-0.39, 0.29) is 24.6 Å². The SMILES string of the molecule is CCCCCCCCCCCCCCCCCCOC[C@H](COP(=O)(O)OC[C@H]1O[C@@](C)(c2ccc3c(N)ncnn23)[C@H](O)[C@@H]1O)OCc1cc(F)cc(F)c1. The van der Waals surface area contributed by atoms with Gasteiger partial charge in [0.25, 0.3) is 0 Å². The highest BCUT2D eigenvalue weighted by molar-refractivity contribution is 7.47. The number of phosphoric ester groups is 1. The van der Waals surface area contributed by atoms with E-state index in [0.717, 1.165) is 37.5 Å². The van der Waals surface area contributed by atoms with Gasteiger partial charge in [-0.15, -0.1) is 0 Å². The number of unbranched alkanes of at least 4 members (excludes halogenated alkanes) is 15. The fourth-order valence-corrected chi connectivity index (χ4v) is 7.82. The van der Waals surface area contributed by atoms with E-state index < -0.39 is 62.7 Å². The summed E-state index contributed by atoms with van der Waals surface area (Å²) in [5.41, 5.74) is 5.52. The van der Waals surface area contributed by atoms with Crippen LogP contribution in [0.25, 0.3) is 5.52 Å². The van der Waals surface area contributed by atoms with Crippen molar-refractivity contribution in [3.8, 4) is 0 Å². The average molecular weight is 813 g/mol. The Morgan fingerprint density at radius 2 is 1.48 bits per heavy atom. The number of nitrogens with two attached hydrogens (primary N) is 1. The number of halogens is 2. The molecule has 5 N–H and O–H groups in total. The molecule has 13 nitrogen and oxygen atoms in total. The minimum Gasteiger partial charge on any atom is -0.387 e. The molecule has 1 unspecified atom stereocenters. The lowest BCUT2D eigenvalue weighted by molar-refractivity contribution is -0.0901. The molecule has 4 rings (SSSR count). The van der Waals surface area contributed by atoms with Gasteiger partial charge in [-0.2, -0.15) is 5.10 Å². The zero-order chi connectivity index (χ0) is 40.4. The van der Waals surface area contributed by atoms with Crippen LogP contribution in [0.3, 0.4) is 0 Å². The number of phosphoric acid groups is 1. The van der Waals surface area contributed by atoms with Crippen LogP contribution in [0.5, 0.6) is 0 Å². The lowest BCUT2D eigenvalue weighted by Gasteiger charge is -2.27. The molecule has 16 heteroatoms. The van der Waals surface area contributed by atoms with Gasteiger partial charge < -0.3 is 35.1 Å². The maximum Gasteiger partial charge on any atom is 0.472 e. The summed E-state index contributed by atoms with van der Waals surface area (Å²) < 4.78 is 70.0. The van der Waals surface area contributed by atoms with Gasteiger partial charge in [0.2, 0.25) is 0 Å². The number of rotatable bonds is 29. The normalized spacial score (nSPS) is 21.5. The lowest BCUT2D eigenvalue weighted by Crippen LogP contribution is -2.39. The number of benzene rings is 1. The van der Waals surface area contributed by atoms with Crippen molar-refractivity contribution in [3.05, 3.63) is 59.6 Å². The standard InChI is InChI=1S/C40H63F2N4O9P/c1-3-4-5-6-7-8-9-10-11-12-13-14-15-16-17-18-21-51-26-33(52-25-30-22-31(41)24-32(42)23-30)27-53-56(49,50)54-28-35-37(47)38(48)40(2,55-35)36-20-19-34-39(43)44-29-45-46(34)36/h19-20,22-24,29,33,35,37-38,47-48H,3-18,21,25-28H2,1-2H3,(H,49,50)(H2,43,44,45)/t33-,35-,37-,38-,40+/m1/s1. The van der Waals surface area contributed by atoms with E-state index in [1.54, 1.807) is 19.1 Å². The maximum absolute atomic E-state index is 13.8. The first kappa shape index (κ1) is 46.1. The molecule has 0 spiro atoms. The van der Waals surface area contributed by atoms with Crippen molar-refractivity contribution in [2.45, 2.75) is 153 Å². The highest BCUT2D eigenvalue weighted by Crippen LogP contribution is 2.46. The Bertz CT molecular complexity index is 1620. The Balaban J connectivity index is 1.16. The van der Waals surface area contributed by atoms with Crippen LogP contribution in [-0.2, 0) is 40.0 Å². The Labute approximate surface area is 329 Å². The lowest BCUT2D eigenvalue weighted by atomic mass is 9.93. The van der Waals surface area contributed by atoms with Gasteiger partial charge in [0.05, 0.1) is 32.1 Å². The minimum absolute atomic E-state index is 0.00905. The van der Waals surface area contributed by atoms with Crippen molar-refractivity contribution in [1.82, 2.24) is 14.6 Å². The molecule has 0 saturated carbocycles. The van der Waals surface area contributed by atoms with E-state index in [2.05, 4.69) is 17.0 Å². The number of nitrogen functional groups attached to an aromatic ring is 1. The first-order valence-corrected chi connectivity index (χ1v) is 21.8. The van der Waals surface area contributed by atoms with E-state index in [9.17, 15) is 28.5 Å². The van der Waals surface area contributed by atoms with Crippen LogP contribution < -0.4 is 5.73 Å². The van der Waals surface area contributed by atoms with Crippen molar-refractivity contribution in [3.63, 3.8) is 0 Å². The van der Waals surface area contributed by atoms with Crippen LogP contribution in [0.4, 0.5) is 14.6 Å². The monoisotopic (exact) mass is 812 g/mol. The Kier molecular flexibility index (Phi) is 19.5. The van der Waals surface area contributed by atoms with Gasteiger partial charge in [-0.3, -0.25) is 9.05 Å². The Morgan fingerprint density at radius 1 is 0.893 bits per heavy atom. The third-order valence-electron chi connectivity index (χ3n) is 10.3. The summed E-state index contributed by atoms with van der Waals surface area (Å²) in [5, 5.41) is 25.9. The van der Waals surface area contributed by atoms with Crippen LogP contribution in [-0.4, -0.2) is 80.5 Å². The molecule has 3 heterocycles. The van der Waals surface area contributed by atoms with Gasteiger partial charge in [-0.25, -0.2) is 22.8 Å². The molecule has 6 atom stereocenters. The molecule has 1 fully saturated rings. The van der Waals surface area contributed by atoms with Crippen molar-refractivity contribution < 1.29 is 51.7 Å². The molecule has 0 aliphatic carbocycles. The van der Waals surface area contributed by atoms with Crippen molar-refractivity contribution >= 4 is 19.2 Å².